The van der Waals surface area contributed by atoms with Crippen molar-refractivity contribution in [2.24, 2.45) is 16.5 Å². The van der Waals surface area contributed by atoms with E-state index < -0.39 is 17.9 Å². The topological polar surface area (TPSA) is 249 Å². The van der Waals surface area contributed by atoms with Gasteiger partial charge in [0.1, 0.15) is 11.6 Å². The average molecular weight is 528 g/mol. The Morgan fingerprint density at radius 3 is 2.41 bits per heavy atom. The van der Waals surface area contributed by atoms with Crippen LogP contribution in [0.1, 0.15) is 40.8 Å². The van der Waals surface area contributed by atoms with Crippen LogP contribution in [0, 0.1) is 0 Å². The lowest BCUT2D eigenvalue weighted by molar-refractivity contribution is -0.125. The molecule has 0 fully saturated rings. The number of ether oxygens (including phenoxy) is 1. The van der Waals surface area contributed by atoms with Crippen LogP contribution in [0.2, 0.25) is 5.15 Å². The highest BCUT2D eigenvalue weighted by molar-refractivity contribution is 6.31. The molecule has 1 unspecified atom stereocenters. The number of rotatable bonds is 10. The van der Waals surface area contributed by atoms with E-state index in [1.807, 2.05) is 12.1 Å². The number of halogens is 1. The summed E-state index contributed by atoms with van der Waals surface area (Å²) in [6.07, 6.45) is 2.53. The molecule has 2 amide bonds. The Kier molecular flexibility index (Phi) is 8.94. The Balaban J connectivity index is 1.45. The number of hydrogen-bond donors (Lipinski definition) is 6. The van der Waals surface area contributed by atoms with Gasteiger partial charge in [-0.25, -0.2) is 19.9 Å². The van der Waals surface area contributed by atoms with Gasteiger partial charge in [-0.15, -0.1) is 0 Å². The van der Waals surface area contributed by atoms with E-state index in [1.165, 1.54) is 12.3 Å². The molecule has 15 heteroatoms. The third-order valence-corrected chi connectivity index (χ3v) is 5.16. The van der Waals surface area contributed by atoms with E-state index in [9.17, 15) is 9.59 Å². The number of unbranched alkanes of at least 4 members (excludes halogenated alkanes) is 1. The van der Waals surface area contributed by atoms with E-state index in [1.54, 1.807) is 12.1 Å². The maximum absolute atomic E-state index is 12.2. The normalized spacial score (nSPS) is 12.1. The van der Waals surface area contributed by atoms with Crippen molar-refractivity contribution < 1.29 is 14.3 Å². The molecule has 0 saturated heterocycles. The fraction of sp³-hybridized carbons (Fsp3) is 0.227. The van der Waals surface area contributed by atoms with Crippen molar-refractivity contribution in [3.8, 4) is 5.75 Å². The number of hydrogen-bond acceptors (Lipinski definition) is 11. The third kappa shape index (κ3) is 7.63. The van der Waals surface area contributed by atoms with Crippen molar-refractivity contribution in [1.29, 1.82) is 0 Å². The number of carbonyl (C=O) groups is 2. The van der Waals surface area contributed by atoms with Crippen LogP contribution in [0.4, 0.5) is 17.5 Å². The van der Waals surface area contributed by atoms with Gasteiger partial charge in [-0.3, -0.25) is 19.9 Å². The van der Waals surface area contributed by atoms with Crippen LogP contribution in [0.5, 0.6) is 5.75 Å². The van der Waals surface area contributed by atoms with E-state index in [2.05, 4.69) is 30.2 Å². The first-order valence-electron chi connectivity index (χ1n) is 11.0. The summed E-state index contributed by atoms with van der Waals surface area (Å²) in [5.41, 5.74) is 28.8. The SMILES string of the molecule is NC(=O)C(Oc1ccc(CCCCN=C(N)NC(=O)c2nc(Cl)c(N)nc2N)cc1)c1nccc(N)n1. The molecule has 1 atom stereocenters. The van der Waals surface area contributed by atoms with Crippen LogP contribution in [-0.2, 0) is 11.2 Å². The largest absolute Gasteiger partial charge is 0.472 e. The minimum Gasteiger partial charge on any atom is -0.472 e. The lowest BCUT2D eigenvalue weighted by Crippen LogP contribution is -2.38. The van der Waals surface area contributed by atoms with Gasteiger partial charge >= 0.3 is 0 Å². The number of nitrogen functional groups attached to an aromatic ring is 3. The lowest BCUT2D eigenvalue weighted by Gasteiger charge is -2.15. The maximum Gasteiger partial charge on any atom is 0.280 e. The van der Waals surface area contributed by atoms with E-state index in [0.29, 0.717) is 18.7 Å². The van der Waals surface area contributed by atoms with Gasteiger partial charge in [-0.1, -0.05) is 23.7 Å². The molecule has 194 valence electrons. The zero-order chi connectivity index (χ0) is 26.9. The van der Waals surface area contributed by atoms with Crippen molar-refractivity contribution in [1.82, 2.24) is 25.3 Å². The molecule has 1 aromatic carbocycles. The highest BCUT2D eigenvalue weighted by atomic mass is 35.5. The number of nitrogens with two attached hydrogens (primary N) is 5. The van der Waals surface area contributed by atoms with Crippen molar-refractivity contribution in [2.75, 3.05) is 23.7 Å². The highest BCUT2D eigenvalue weighted by Gasteiger charge is 2.23. The Hall–Kier alpha value is -4.72. The Bertz CT molecular complexity index is 1300. The highest BCUT2D eigenvalue weighted by Crippen LogP contribution is 2.21. The van der Waals surface area contributed by atoms with Crippen molar-refractivity contribution >= 4 is 46.8 Å². The molecule has 0 aliphatic heterocycles. The molecule has 11 N–H and O–H groups in total. The Morgan fingerprint density at radius 1 is 1.00 bits per heavy atom. The van der Waals surface area contributed by atoms with Crippen LogP contribution in [0.25, 0.3) is 0 Å². The monoisotopic (exact) mass is 527 g/mol. The molecule has 0 bridgehead atoms. The van der Waals surface area contributed by atoms with Crippen molar-refractivity contribution in [3.63, 3.8) is 0 Å². The van der Waals surface area contributed by atoms with Gasteiger partial charge in [0.25, 0.3) is 11.8 Å². The summed E-state index contributed by atoms with van der Waals surface area (Å²) >= 11 is 5.78. The van der Waals surface area contributed by atoms with Gasteiger partial charge in [0.05, 0.1) is 0 Å². The summed E-state index contributed by atoms with van der Waals surface area (Å²) < 4.78 is 5.67. The smallest absolute Gasteiger partial charge is 0.280 e. The van der Waals surface area contributed by atoms with Gasteiger partial charge in [0.15, 0.2) is 34.3 Å². The van der Waals surface area contributed by atoms with Gasteiger partial charge < -0.3 is 33.4 Å². The minimum absolute atomic E-state index is 0.0817. The molecule has 3 rings (SSSR count). The number of anilines is 3. The summed E-state index contributed by atoms with van der Waals surface area (Å²) in [6, 6.07) is 8.68. The van der Waals surface area contributed by atoms with E-state index in [4.69, 9.17) is 45.0 Å². The van der Waals surface area contributed by atoms with Crippen molar-refractivity contribution in [3.05, 3.63) is 58.8 Å². The first-order valence-corrected chi connectivity index (χ1v) is 11.3. The van der Waals surface area contributed by atoms with E-state index in [-0.39, 0.29) is 40.1 Å². The molecule has 0 radical (unpaired) electrons. The molecule has 0 aliphatic rings. The second kappa shape index (κ2) is 12.3. The van der Waals surface area contributed by atoms with Crippen LogP contribution < -0.4 is 38.7 Å². The Labute approximate surface area is 216 Å². The Morgan fingerprint density at radius 2 is 1.73 bits per heavy atom. The molecular weight excluding hydrogens is 502 g/mol. The number of carbonyl (C=O) groups excluding carboxylic acids is 2. The van der Waals surface area contributed by atoms with Gasteiger partial charge in [0.2, 0.25) is 6.10 Å². The summed E-state index contributed by atoms with van der Waals surface area (Å²) in [6.45, 7) is 0.386. The summed E-state index contributed by atoms with van der Waals surface area (Å²) in [4.78, 5) is 43.7. The molecule has 0 aliphatic carbocycles. The molecule has 3 aromatic rings. The van der Waals surface area contributed by atoms with Gasteiger partial charge in [-0.2, -0.15) is 0 Å². The number of nitrogens with one attached hydrogen (secondary N) is 1. The molecule has 2 heterocycles. The summed E-state index contributed by atoms with van der Waals surface area (Å²) in [5, 5.41) is 2.24. The lowest BCUT2D eigenvalue weighted by atomic mass is 10.1. The van der Waals surface area contributed by atoms with Crippen LogP contribution in [0.3, 0.4) is 0 Å². The van der Waals surface area contributed by atoms with Crippen LogP contribution in [-0.4, -0.2) is 44.3 Å². The molecule has 2 aromatic heterocycles. The predicted octanol–water partition coefficient (Wildman–Crippen LogP) is 0.339. The predicted molar refractivity (Wildman–Crippen MR) is 138 cm³/mol. The van der Waals surface area contributed by atoms with E-state index >= 15 is 0 Å². The fourth-order valence-electron chi connectivity index (χ4n) is 3.09. The number of primary amides is 1. The second-order valence-corrected chi connectivity index (χ2v) is 8.05. The number of aromatic nitrogens is 4. The fourth-order valence-corrected chi connectivity index (χ4v) is 3.21. The second-order valence-electron chi connectivity index (χ2n) is 7.70. The van der Waals surface area contributed by atoms with Crippen LogP contribution in [0.15, 0.2) is 41.5 Å². The van der Waals surface area contributed by atoms with Gasteiger partial charge in [0, 0.05) is 12.7 Å². The molecule has 37 heavy (non-hydrogen) atoms. The van der Waals surface area contributed by atoms with Crippen LogP contribution >= 0.6 is 11.6 Å². The molecule has 14 nitrogen and oxygen atoms in total. The average Bonchev–Trinajstić information content (AvgIpc) is 2.85. The van der Waals surface area contributed by atoms with E-state index in [0.717, 1.165) is 18.4 Å². The zero-order valence-corrected chi connectivity index (χ0v) is 20.4. The zero-order valence-electron chi connectivity index (χ0n) is 19.6. The maximum atomic E-state index is 12.2. The van der Waals surface area contributed by atoms with Crippen molar-refractivity contribution in [2.45, 2.75) is 25.4 Å². The van der Waals surface area contributed by atoms with Gasteiger partial charge in [-0.05, 0) is 43.0 Å². The first kappa shape index (κ1) is 26.9. The number of guanidine groups is 1. The number of aliphatic imine (C=N–C) groups is 1. The standard InChI is InChI=1S/C22H26ClN11O3/c23-16-18(26)33-17(25)14(32-16)21(36)34-22(28)30-9-2-1-3-11-4-6-12(7-5-11)37-15(19(27)35)20-29-10-8-13(24)31-20/h4-8,10,15H,1-3,9H2,(H2,27,35)(H2,24,29,31)(H4,25,26,33)(H3,28,30,34,36). The summed E-state index contributed by atoms with van der Waals surface area (Å²) in [5.74, 6) is -1.06. The number of nitrogens with zero attached hydrogens (tertiary/aromatic N) is 5. The molecule has 0 spiro atoms. The number of amides is 2. The third-order valence-electron chi connectivity index (χ3n) is 4.88. The molecule has 0 saturated carbocycles. The first-order chi connectivity index (χ1) is 17.6. The summed E-state index contributed by atoms with van der Waals surface area (Å²) in [7, 11) is 0. The molecular formula is C22H26ClN11O3. The minimum atomic E-state index is -1.17. The number of aryl methyl sites for hydroxylation is 1. The number of benzene rings is 1. The quantitative estimate of drug-likeness (QED) is 0.119.